The van der Waals surface area contributed by atoms with Crippen LogP contribution in [-0.2, 0) is 9.59 Å². The number of hydrogen-bond acceptors (Lipinski definition) is 6. The smallest absolute Gasteiger partial charge is 0.293 e. The van der Waals surface area contributed by atoms with Crippen LogP contribution in [0.4, 0.5) is 10.5 Å². The highest BCUT2D eigenvalue weighted by Crippen LogP contribution is 2.33. The molecule has 4 rings (SSSR count). The van der Waals surface area contributed by atoms with Gasteiger partial charge in [-0.3, -0.25) is 19.3 Å². The summed E-state index contributed by atoms with van der Waals surface area (Å²) in [5.41, 5.74) is 3.20. The average molecular weight is 571 g/mol. The van der Waals surface area contributed by atoms with Gasteiger partial charge >= 0.3 is 0 Å². The number of carbonyl (C=O) groups excluding carboxylic acids is 3. The molecule has 1 fully saturated rings. The first-order chi connectivity index (χ1) is 18.2. The van der Waals surface area contributed by atoms with Crippen LogP contribution in [-0.4, -0.2) is 41.7 Å². The number of amides is 3. The second kappa shape index (κ2) is 12.4. The number of halogens is 2. The second-order valence-electron chi connectivity index (χ2n) is 8.49. The van der Waals surface area contributed by atoms with Gasteiger partial charge in [-0.1, -0.05) is 53.0 Å². The molecule has 0 aromatic heterocycles. The molecule has 1 aliphatic heterocycles. The van der Waals surface area contributed by atoms with E-state index in [-0.39, 0.29) is 40.8 Å². The number of hydrogen-bond donors (Lipinski definition) is 1. The molecule has 10 heteroatoms. The molecule has 1 saturated heterocycles. The van der Waals surface area contributed by atoms with E-state index in [9.17, 15) is 14.4 Å². The molecule has 0 aliphatic carbocycles. The number of thioether (sulfide) groups is 1. The van der Waals surface area contributed by atoms with E-state index in [0.717, 1.165) is 27.8 Å². The number of imide groups is 1. The molecule has 7 nitrogen and oxygen atoms in total. The predicted octanol–water partition coefficient (Wildman–Crippen LogP) is 6.74. The van der Waals surface area contributed by atoms with E-state index in [0.29, 0.717) is 27.8 Å². The van der Waals surface area contributed by atoms with Gasteiger partial charge in [-0.25, -0.2) is 0 Å². The standard InChI is InChI=1S/C28H24Cl2N2O5S/c1-17-3-8-21(9-4-17)36-12-11-32-27(34)25(38-28(32)35)14-19-6-10-24(23(30)13-19)37-16-26(33)31-20-7-5-18(2)22(29)15-20/h3-10,13-15H,11-12,16H2,1-2H3,(H,31,33)/b25-14-. The first-order valence-electron chi connectivity index (χ1n) is 11.6. The molecular weight excluding hydrogens is 547 g/mol. The van der Waals surface area contributed by atoms with E-state index >= 15 is 0 Å². The lowest BCUT2D eigenvalue weighted by Crippen LogP contribution is -2.32. The Kier molecular flexibility index (Phi) is 8.99. The molecule has 0 atom stereocenters. The molecule has 3 aromatic carbocycles. The fraction of sp³-hybridized carbons (Fsp3) is 0.179. The van der Waals surface area contributed by atoms with Gasteiger partial charge in [-0.15, -0.1) is 0 Å². The maximum absolute atomic E-state index is 12.8. The summed E-state index contributed by atoms with van der Waals surface area (Å²) in [6.45, 7) is 3.93. The van der Waals surface area contributed by atoms with Crippen LogP contribution >= 0.6 is 35.0 Å². The van der Waals surface area contributed by atoms with Crippen molar-refractivity contribution in [3.63, 3.8) is 0 Å². The molecular formula is C28H24Cl2N2O5S. The van der Waals surface area contributed by atoms with Crippen molar-refractivity contribution >= 4 is 63.8 Å². The van der Waals surface area contributed by atoms with Crippen LogP contribution in [0.2, 0.25) is 10.0 Å². The third-order valence-electron chi connectivity index (χ3n) is 5.55. The molecule has 0 saturated carbocycles. The van der Waals surface area contributed by atoms with Crippen LogP contribution in [0.1, 0.15) is 16.7 Å². The summed E-state index contributed by atoms with van der Waals surface area (Å²) in [4.78, 5) is 38.8. The highest BCUT2D eigenvalue weighted by atomic mass is 35.5. The van der Waals surface area contributed by atoms with Gasteiger partial charge in [0.1, 0.15) is 18.1 Å². The van der Waals surface area contributed by atoms with Gasteiger partial charge in [0, 0.05) is 10.7 Å². The quantitative estimate of drug-likeness (QED) is 0.286. The number of anilines is 1. The number of ether oxygens (including phenoxy) is 2. The van der Waals surface area contributed by atoms with E-state index in [1.54, 1.807) is 36.4 Å². The van der Waals surface area contributed by atoms with Gasteiger partial charge in [-0.2, -0.15) is 0 Å². The first kappa shape index (κ1) is 27.6. The molecule has 0 bridgehead atoms. The SMILES string of the molecule is Cc1ccc(OCCN2C(=O)S/C(=C\c3ccc(OCC(=O)Nc4ccc(C)c(Cl)c4)c(Cl)c3)C2=O)cc1. The third-order valence-corrected chi connectivity index (χ3v) is 7.16. The predicted molar refractivity (Wildman–Crippen MR) is 151 cm³/mol. The number of nitrogens with one attached hydrogen (secondary N) is 1. The van der Waals surface area contributed by atoms with Crippen LogP contribution in [0, 0.1) is 13.8 Å². The molecule has 0 radical (unpaired) electrons. The molecule has 0 unspecified atom stereocenters. The van der Waals surface area contributed by atoms with Crippen LogP contribution in [0.5, 0.6) is 11.5 Å². The van der Waals surface area contributed by atoms with Crippen LogP contribution in [0.15, 0.2) is 65.6 Å². The van der Waals surface area contributed by atoms with Crippen LogP contribution in [0.25, 0.3) is 6.08 Å². The zero-order chi connectivity index (χ0) is 27.2. The fourth-order valence-electron chi connectivity index (χ4n) is 3.47. The van der Waals surface area contributed by atoms with E-state index < -0.39 is 5.91 Å². The maximum atomic E-state index is 12.8. The van der Waals surface area contributed by atoms with Crippen molar-refractivity contribution < 1.29 is 23.9 Å². The Morgan fingerprint density at radius 3 is 2.45 bits per heavy atom. The summed E-state index contributed by atoms with van der Waals surface area (Å²) in [7, 11) is 0. The van der Waals surface area contributed by atoms with Crippen molar-refractivity contribution in [3.8, 4) is 11.5 Å². The monoisotopic (exact) mass is 570 g/mol. The average Bonchev–Trinajstić information content (AvgIpc) is 3.14. The minimum Gasteiger partial charge on any atom is -0.492 e. The Bertz CT molecular complexity index is 1410. The zero-order valence-electron chi connectivity index (χ0n) is 20.6. The van der Waals surface area contributed by atoms with E-state index in [1.165, 1.54) is 0 Å². The second-order valence-corrected chi connectivity index (χ2v) is 10.3. The van der Waals surface area contributed by atoms with Crippen molar-refractivity contribution in [1.82, 2.24) is 4.90 Å². The minimum absolute atomic E-state index is 0.139. The lowest BCUT2D eigenvalue weighted by Gasteiger charge is -2.13. The molecule has 3 amide bonds. The number of carbonyl (C=O) groups is 3. The summed E-state index contributed by atoms with van der Waals surface area (Å²) in [5, 5.41) is 3.16. The summed E-state index contributed by atoms with van der Waals surface area (Å²) in [5.74, 6) is 0.219. The van der Waals surface area contributed by atoms with Gasteiger partial charge in [0.2, 0.25) is 0 Å². The molecule has 196 valence electrons. The lowest BCUT2D eigenvalue weighted by molar-refractivity contribution is -0.123. The lowest BCUT2D eigenvalue weighted by atomic mass is 10.2. The van der Waals surface area contributed by atoms with Gasteiger partial charge in [0.25, 0.3) is 17.1 Å². The highest BCUT2D eigenvalue weighted by Gasteiger charge is 2.34. The summed E-state index contributed by atoms with van der Waals surface area (Å²) in [6, 6.07) is 17.6. The van der Waals surface area contributed by atoms with E-state index in [4.69, 9.17) is 32.7 Å². The summed E-state index contributed by atoms with van der Waals surface area (Å²) < 4.78 is 11.2. The number of benzene rings is 3. The van der Waals surface area contributed by atoms with Gasteiger partial charge in [0.15, 0.2) is 6.61 Å². The molecule has 1 heterocycles. The minimum atomic E-state index is -0.392. The van der Waals surface area contributed by atoms with Gasteiger partial charge in [0.05, 0.1) is 16.5 Å². The molecule has 38 heavy (non-hydrogen) atoms. The Hall–Kier alpha value is -3.46. The van der Waals surface area contributed by atoms with Crippen molar-refractivity contribution in [1.29, 1.82) is 0 Å². The first-order valence-corrected chi connectivity index (χ1v) is 13.2. The number of rotatable bonds is 9. The van der Waals surface area contributed by atoms with Crippen LogP contribution < -0.4 is 14.8 Å². The van der Waals surface area contributed by atoms with Crippen molar-refractivity contribution in [2.45, 2.75) is 13.8 Å². The number of nitrogens with zero attached hydrogens (tertiary/aromatic N) is 1. The van der Waals surface area contributed by atoms with Crippen LogP contribution in [0.3, 0.4) is 0 Å². The molecule has 1 N–H and O–H groups in total. The van der Waals surface area contributed by atoms with Crippen molar-refractivity contribution in [2.75, 3.05) is 25.1 Å². The highest BCUT2D eigenvalue weighted by molar-refractivity contribution is 8.18. The van der Waals surface area contributed by atoms with Gasteiger partial charge < -0.3 is 14.8 Å². The Morgan fingerprint density at radius 2 is 1.74 bits per heavy atom. The van der Waals surface area contributed by atoms with Gasteiger partial charge in [-0.05, 0) is 79.2 Å². The third kappa shape index (κ3) is 7.10. The van der Waals surface area contributed by atoms with E-state index in [1.807, 2.05) is 44.2 Å². The molecule has 1 aliphatic rings. The number of aryl methyl sites for hydroxylation is 2. The van der Waals surface area contributed by atoms with E-state index in [2.05, 4.69) is 5.32 Å². The molecule has 0 spiro atoms. The summed E-state index contributed by atoms with van der Waals surface area (Å²) in [6.07, 6.45) is 1.59. The Morgan fingerprint density at radius 1 is 0.974 bits per heavy atom. The fourth-order valence-corrected chi connectivity index (χ4v) is 4.76. The Labute approximate surface area is 234 Å². The van der Waals surface area contributed by atoms with Crippen molar-refractivity contribution in [2.24, 2.45) is 0 Å². The zero-order valence-corrected chi connectivity index (χ0v) is 23.0. The summed E-state index contributed by atoms with van der Waals surface area (Å²) >= 11 is 13.3. The largest absolute Gasteiger partial charge is 0.492 e. The normalized spacial score (nSPS) is 14.2. The Balaban J connectivity index is 1.31. The van der Waals surface area contributed by atoms with Crippen molar-refractivity contribution in [3.05, 3.63) is 92.3 Å². The topological polar surface area (TPSA) is 84.9 Å². The maximum Gasteiger partial charge on any atom is 0.293 e. The molecule has 3 aromatic rings.